The summed E-state index contributed by atoms with van der Waals surface area (Å²) in [5.41, 5.74) is 1.86. The average Bonchev–Trinajstić information content (AvgIpc) is 2.97. The molecule has 0 N–H and O–H groups in total. The maximum absolute atomic E-state index is 5.76. The van der Waals surface area contributed by atoms with E-state index in [0.29, 0.717) is 4.83 Å². The van der Waals surface area contributed by atoms with Crippen LogP contribution in [-0.2, 0) is 6.42 Å². The molecule has 1 aromatic heterocycles. The Hall–Kier alpha value is -0.830. The van der Waals surface area contributed by atoms with Gasteiger partial charge in [-0.15, -0.1) is 0 Å². The zero-order chi connectivity index (χ0) is 11.7. The van der Waals surface area contributed by atoms with Crippen molar-refractivity contribution in [2.24, 2.45) is 5.92 Å². The van der Waals surface area contributed by atoms with Crippen LogP contribution in [0.1, 0.15) is 31.6 Å². The number of halogens is 1. The molecule has 1 heterocycles. The Kier molecular flexibility index (Phi) is 3.19. The number of hydrogen-bond acceptors (Lipinski definition) is 2. The smallest absolute Gasteiger partial charge is 0.196 e. The van der Waals surface area contributed by atoms with Crippen LogP contribution in [0.25, 0.3) is 11.1 Å². The quantitative estimate of drug-likeness (QED) is 0.788. The molecule has 0 bridgehead atoms. The van der Waals surface area contributed by atoms with E-state index in [2.05, 4.69) is 20.9 Å². The molecule has 3 rings (SSSR count). The molecule has 90 valence electrons. The van der Waals surface area contributed by atoms with Crippen molar-refractivity contribution in [3.8, 4) is 0 Å². The van der Waals surface area contributed by atoms with E-state index in [1.165, 1.54) is 25.7 Å². The molecule has 0 amide bonds. The third kappa shape index (κ3) is 2.39. The molecular formula is C14H16BrNO. The molecule has 1 aliphatic rings. The molecule has 2 aromatic rings. The minimum atomic E-state index is 0.512. The first-order chi connectivity index (χ1) is 8.33. The normalized spacial score (nSPS) is 18.9. The van der Waals surface area contributed by atoms with Crippen molar-refractivity contribution in [1.82, 2.24) is 4.98 Å². The number of aromatic nitrogens is 1. The SMILES string of the molecule is BrC(Cc1nc2ccccc2o1)C1CCCC1. The Morgan fingerprint density at radius 1 is 1.29 bits per heavy atom. The van der Waals surface area contributed by atoms with Crippen LogP contribution in [0.2, 0.25) is 0 Å². The topological polar surface area (TPSA) is 26.0 Å². The Morgan fingerprint density at radius 3 is 2.82 bits per heavy atom. The Balaban J connectivity index is 1.75. The summed E-state index contributed by atoms with van der Waals surface area (Å²) < 4.78 is 5.76. The molecule has 1 atom stereocenters. The largest absolute Gasteiger partial charge is 0.441 e. The highest BCUT2D eigenvalue weighted by atomic mass is 79.9. The zero-order valence-corrected chi connectivity index (χ0v) is 11.3. The number of fused-ring (bicyclic) bond motifs is 1. The van der Waals surface area contributed by atoms with Crippen molar-refractivity contribution in [2.75, 3.05) is 0 Å². The van der Waals surface area contributed by atoms with Crippen LogP contribution >= 0.6 is 15.9 Å². The second kappa shape index (κ2) is 4.81. The highest BCUT2D eigenvalue weighted by Crippen LogP contribution is 2.33. The van der Waals surface area contributed by atoms with Gasteiger partial charge in [0.1, 0.15) is 5.52 Å². The van der Waals surface area contributed by atoms with Crippen LogP contribution < -0.4 is 0 Å². The minimum absolute atomic E-state index is 0.512. The summed E-state index contributed by atoms with van der Waals surface area (Å²) >= 11 is 3.80. The van der Waals surface area contributed by atoms with Gasteiger partial charge in [-0.3, -0.25) is 0 Å². The Labute approximate surface area is 110 Å². The summed E-state index contributed by atoms with van der Waals surface area (Å²) in [6.07, 6.45) is 6.34. The number of nitrogens with zero attached hydrogens (tertiary/aromatic N) is 1. The van der Waals surface area contributed by atoms with Crippen LogP contribution in [0.5, 0.6) is 0 Å². The average molecular weight is 294 g/mol. The lowest BCUT2D eigenvalue weighted by molar-refractivity contribution is 0.467. The molecule has 1 fully saturated rings. The molecule has 0 spiro atoms. The molecule has 1 unspecified atom stereocenters. The van der Waals surface area contributed by atoms with Gasteiger partial charge in [0.05, 0.1) is 0 Å². The maximum atomic E-state index is 5.76. The van der Waals surface area contributed by atoms with E-state index >= 15 is 0 Å². The maximum Gasteiger partial charge on any atom is 0.196 e. The van der Waals surface area contributed by atoms with E-state index in [9.17, 15) is 0 Å². The van der Waals surface area contributed by atoms with E-state index in [-0.39, 0.29) is 0 Å². The summed E-state index contributed by atoms with van der Waals surface area (Å²) in [6, 6.07) is 7.96. The fraction of sp³-hybridized carbons (Fsp3) is 0.500. The predicted molar refractivity (Wildman–Crippen MR) is 72.4 cm³/mol. The van der Waals surface area contributed by atoms with Crippen molar-refractivity contribution in [1.29, 1.82) is 0 Å². The summed E-state index contributed by atoms with van der Waals surface area (Å²) in [6.45, 7) is 0. The lowest BCUT2D eigenvalue weighted by Crippen LogP contribution is -2.13. The number of para-hydroxylation sites is 2. The number of benzene rings is 1. The second-order valence-electron chi connectivity index (χ2n) is 4.84. The molecule has 1 aromatic carbocycles. The van der Waals surface area contributed by atoms with Gasteiger partial charge in [-0.1, -0.05) is 40.9 Å². The molecule has 0 aliphatic heterocycles. The monoisotopic (exact) mass is 293 g/mol. The number of rotatable bonds is 3. The van der Waals surface area contributed by atoms with E-state index < -0.39 is 0 Å². The van der Waals surface area contributed by atoms with Gasteiger partial charge in [-0.25, -0.2) is 4.98 Å². The van der Waals surface area contributed by atoms with Gasteiger partial charge in [-0.2, -0.15) is 0 Å². The molecule has 17 heavy (non-hydrogen) atoms. The number of oxazole rings is 1. The number of hydrogen-bond donors (Lipinski definition) is 0. The summed E-state index contributed by atoms with van der Waals surface area (Å²) in [4.78, 5) is 5.04. The summed E-state index contributed by atoms with van der Waals surface area (Å²) in [5, 5.41) is 0. The van der Waals surface area contributed by atoms with Crippen LogP contribution in [0.3, 0.4) is 0 Å². The fourth-order valence-electron chi connectivity index (χ4n) is 2.66. The lowest BCUT2D eigenvalue weighted by Gasteiger charge is -2.14. The molecule has 1 saturated carbocycles. The van der Waals surface area contributed by atoms with Gasteiger partial charge in [-0.05, 0) is 30.9 Å². The molecule has 2 nitrogen and oxygen atoms in total. The van der Waals surface area contributed by atoms with Crippen molar-refractivity contribution in [2.45, 2.75) is 36.9 Å². The molecule has 3 heteroatoms. The van der Waals surface area contributed by atoms with Gasteiger partial charge in [0, 0.05) is 11.2 Å². The molecule has 0 radical (unpaired) electrons. The first-order valence-electron chi connectivity index (χ1n) is 6.31. The highest BCUT2D eigenvalue weighted by molar-refractivity contribution is 9.09. The summed E-state index contributed by atoms with van der Waals surface area (Å²) in [5.74, 6) is 1.66. The lowest BCUT2D eigenvalue weighted by atomic mass is 10.0. The minimum Gasteiger partial charge on any atom is -0.441 e. The molecular weight excluding hydrogens is 278 g/mol. The summed E-state index contributed by atoms with van der Waals surface area (Å²) in [7, 11) is 0. The van der Waals surface area contributed by atoms with Gasteiger partial charge in [0.25, 0.3) is 0 Å². The van der Waals surface area contributed by atoms with Crippen molar-refractivity contribution in [3.05, 3.63) is 30.2 Å². The number of alkyl halides is 1. The third-order valence-electron chi connectivity index (χ3n) is 3.62. The Morgan fingerprint density at radius 2 is 2.06 bits per heavy atom. The van der Waals surface area contributed by atoms with Crippen LogP contribution in [0.4, 0.5) is 0 Å². The standard InChI is InChI=1S/C14H16BrNO/c15-11(10-5-1-2-6-10)9-14-16-12-7-3-4-8-13(12)17-14/h3-4,7-8,10-11H,1-2,5-6,9H2. The third-order valence-corrected chi connectivity index (χ3v) is 4.69. The Bertz CT molecular complexity index is 469. The fourth-order valence-corrected chi connectivity index (χ4v) is 3.47. The van der Waals surface area contributed by atoms with Gasteiger partial charge in [0.15, 0.2) is 11.5 Å². The van der Waals surface area contributed by atoms with Crippen molar-refractivity contribution >= 4 is 27.0 Å². The van der Waals surface area contributed by atoms with E-state index in [0.717, 1.165) is 29.3 Å². The van der Waals surface area contributed by atoms with Crippen LogP contribution in [0, 0.1) is 5.92 Å². The van der Waals surface area contributed by atoms with Crippen LogP contribution in [0.15, 0.2) is 28.7 Å². The predicted octanol–water partition coefficient (Wildman–Crippen LogP) is 4.32. The van der Waals surface area contributed by atoms with Crippen LogP contribution in [-0.4, -0.2) is 9.81 Å². The van der Waals surface area contributed by atoms with Gasteiger partial charge >= 0.3 is 0 Å². The van der Waals surface area contributed by atoms with E-state index in [4.69, 9.17) is 4.42 Å². The first-order valence-corrected chi connectivity index (χ1v) is 7.23. The zero-order valence-electron chi connectivity index (χ0n) is 9.73. The van der Waals surface area contributed by atoms with E-state index in [1.54, 1.807) is 0 Å². The molecule has 1 aliphatic carbocycles. The van der Waals surface area contributed by atoms with E-state index in [1.807, 2.05) is 24.3 Å². The second-order valence-corrected chi connectivity index (χ2v) is 6.02. The van der Waals surface area contributed by atoms with Gasteiger partial charge in [0.2, 0.25) is 0 Å². The van der Waals surface area contributed by atoms with Crippen molar-refractivity contribution < 1.29 is 4.42 Å². The van der Waals surface area contributed by atoms with Gasteiger partial charge < -0.3 is 4.42 Å². The van der Waals surface area contributed by atoms with Crippen molar-refractivity contribution in [3.63, 3.8) is 0 Å². The first kappa shape index (κ1) is 11.3. The highest BCUT2D eigenvalue weighted by Gasteiger charge is 2.24. The molecule has 0 saturated heterocycles.